The summed E-state index contributed by atoms with van der Waals surface area (Å²) in [5.74, 6) is -11.9. The van der Waals surface area contributed by atoms with Crippen molar-refractivity contribution < 1.29 is 77.7 Å². The minimum Gasteiger partial charge on any atom is -0.507 e. The summed E-state index contributed by atoms with van der Waals surface area (Å²) in [6.07, 6.45) is 2.62. The van der Waals surface area contributed by atoms with Crippen molar-refractivity contribution in [2.24, 2.45) is 23.7 Å². The second-order valence-electron chi connectivity index (χ2n) is 15.8. The van der Waals surface area contributed by atoms with Gasteiger partial charge in [0.25, 0.3) is 11.7 Å². The summed E-state index contributed by atoms with van der Waals surface area (Å²) in [5, 5.41) is 45.6. The van der Waals surface area contributed by atoms with E-state index in [-0.39, 0.29) is 59.0 Å². The van der Waals surface area contributed by atoms with E-state index in [1.807, 2.05) is 0 Å². The third-order valence-electron chi connectivity index (χ3n) is 11.3. The summed E-state index contributed by atoms with van der Waals surface area (Å²) < 4.78 is 28.5. The molecule has 0 fully saturated rings. The molecule has 0 aromatic heterocycles. The van der Waals surface area contributed by atoms with Crippen LogP contribution in [0.2, 0.25) is 0 Å². The van der Waals surface area contributed by atoms with Crippen molar-refractivity contribution in [3.8, 4) is 11.5 Å². The van der Waals surface area contributed by atoms with Gasteiger partial charge in [0.05, 0.1) is 46.2 Å². The molecule has 5 bridgehead atoms. The van der Waals surface area contributed by atoms with Crippen LogP contribution < -0.4 is 10.1 Å². The van der Waals surface area contributed by atoms with Crippen LogP contribution in [0.4, 0.5) is 0 Å². The highest BCUT2D eigenvalue weighted by molar-refractivity contribution is 8.04. The van der Waals surface area contributed by atoms with Gasteiger partial charge >= 0.3 is 23.7 Å². The molecule has 17 nitrogen and oxygen atoms in total. The number of allylic oxidation sites excluding steroid dienone is 4. The molecule has 9 atom stereocenters. The number of Topliss-reactive ketones (excluding diaryl/α,β-unsaturated/α-hetero) is 3. The molecule has 1 aliphatic carbocycles. The van der Waals surface area contributed by atoms with Gasteiger partial charge in [-0.15, -0.1) is 11.8 Å². The lowest BCUT2D eigenvalue weighted by molar-refractivity contribution is -0.160. The number of aliphatic carboxylic acids is 1. The van der Waals surface area contributed by atoms with Gasteiger partial charge in [-0.2, -0.15) is 0 Å². The van der Waals surface area contributed by atoms with Gasteiger partial charge in [0.15, 0.2) is 0 Å². The molecule has 4 aliphatic rings. The van der Waals surface area contributed by atoms with Crippen LogP contribution in [0.1, 0.15) is 104 Å². The van der Waals surface area contributed by atoms with E-state index in [9.17, 15) is 48.9 Å². The number of hydrogen-bond donors (Lipinski definition) is 5. The van der Waals surface area contributed by atoms with Crippen molar-refractivity contribution in [3.05, 3.63) is 69.0 Å². The third kappa shape index (κ3) is 10.7. The average Bonchev–Trinajstić information content (AvgIpc) is 3.48. The van der Waals surface area contributed by atoms with Crippen LogP contribution in [0.15, 0.2) is 46.7 Å². The Labute approximate surface area is 363 Å². The first kappa shape index (κ1) is 49.4. The minimum atomic E-state index is -2.15. The van der Waals surface area contributed by atoms with Crippen LogP contribution in [-0.2, 0) is 38.1 Å². The summed E-state index contributed by atoms with van der Waals surface area (Å²) >= 11 is 0.744. The Morgan fingerprint density at radius 3 is 2.23 bits per heavy atom. The number of hydrogen-bond acceptors (Lipinski definition) is 16. The van der Waals surface area contributed by atoms with E-state index in [0.29, 0.717) is 0 Å². The number of ether oxygens (including phenoxy) is 5. The molecule has 3 heterocycles. The van der Waals surface area contributed by atoms with Gasteiger partial charge < -0.3 is 49.4 Å². The molecular weight excluding hydrogens is 831 g/mol. The number of aliphatic hydroxyl groups excluding tert-OH is 2. The minimum absolute atomic E-state index is 0.0423. The number of esters is 2. The van der Waals surface area contributed by atoms with Crippen molar-refractivity contribution in [1.82, 2.24) is 5.32 Å². The van der Waals surface area contributed by atoms with E-state index >= 15 is 0 Å². The molecule has 1 aromatic carbocycles. The first-order valence-electron chi connectivity index (χ1n) is 20.1. The molecule has 1 amide bonds. The number of benzene rings is 1. The molecule has 1 aromatic rings. The van der Waals surface area contributed by atoms with Gasteiger partial charge in [0.2, 0.25) is 11.6 Å². The van der Waals surface area contributed by atoms with Gasteiger partial charge in [-0.1, -0.05) is 45.9 Å². The van der Waals surface area contributed by atoms with Gasteiger partial charge in [-0.05, 0) is 26.3 Å². The van der Waals surface area contributed by atoms with E-state index in [1.165, 1.54) is 53.0 Å². The number of carbonyl (C=O) groups is 7. The second kappa shape index (κ2) is 20.7. The van der Waals surface area contributed by atoms with E-state index in [2.05, 4.69) is 5.32 Å². The molecule has 5 rings (SSSR count). The predicted octanol–water partition coefficient (Wildman–Crippen LogP) is 4.49. The Morgan fingerprint density at radius 2 is 1.60 bits per heavy atom. The Hall–Kier alpha value is -5.30. The third-order valence-corrected chi connectivity index (χ3v) is 12.3. The van der Waals surface area contributed by atoms with Crippen LogP contribution in [0.3, 0.4) is 0 Å². The number of phenolic OH excluding ortho intramolecular Hbond substituents is 1. The number of methoxy groups -OCH3 is 1. The van der Waals surface area contributed by atoms with Gasteiger partial charge in [-0.25, -0.2) is 0 Å². The van der Waals surface area contributed by atoms with Crippen LogP contribution in [0.25, 0.3) is 0 Å². The van der Waals surface area contributed by atoms with Gasteiger partial charge in [0, 0.05) is 74.4 Å². The zero-order valence-electron chi connectivity index (χ0n) is 36.1. The molecule has 3 aliphatic heterocycles. The summed E-state index contributed by atoms with van der Waals surface area (Å²) in [7, 11) is 1.39. The van der Waals surface area contributed by atoms with Crippen LogP contribution in [0.5, 0.6) is 11.5 Å². The number of amides is 1. The Morgan fingerprint density at radius 1 is 0.919 bits per heavy atom. The van der Waals surface area contributed by atoms with Crippen molar-refractivity contribution in [2.45, 2.75) is 105 Å². The maximum atomic E-state index is 14.6. The van der Waals surface area contributed by atoms with Crippen LogP contribution in [-0.4, -0.2) is 111 Å². The van der Waals surface area contributed by atoms with E-state index in [1.54, 1.807) is 33.8 Å². The number of nitrogens with one attached hydrogen (secondary N) is 1. The molecule has 9 unspecified atom stereocenters. The number of carboxylic acid groups (broad SMARTS) is 1. The maximum Gasteiger partial charge on any atom is 0.312 e. The van der Waals surface area contributed by atoms with Crippen LogP contribution in [0, 0.1) is 30.6 Å². The van der Waals surface area contributed by atoms with Crippen molar-refractivity contribution >= 4 is 52.9 Å². The number of rotatable bonds is 10. The van der Waals surface area contributed by atoms with Crippen LogP contribution >= 0.6 is 11.8 Å². The highest BCUT2D eigenvalue weighted by Crippen LogP contribution is 2.49. The lowest BCUT2D eigenvalue weighted by atomic mass is 9.78. The number of carboxylic acids is 1. The fourth-order valence-corrected chi connectivity index (χ4v) is 8.45. The molecule has 0 saturated heterocycles. The number of carbonyl (C=O) groups excluding carboxylic acids is 6. The Kier molecular flexibility index (Phi) is 16.5. The maximum absolute atomic E-state index is 14.6. The average molecular weight is 886 g/mol. The Balaban J connectivity index is 1.84. The SMILES string of the molecule is COC1/C=C/OC2(C)Oc3c(C)c(O)c4c(c3C2=O)C(=O)C(SCCOC(=O)CCCC(=O)O)=C(NC(=O)/C(C)=C\C=C\C(C)C(O)C(C)C(O)C(C)C(OC(C)=O)C1C)C4=O. The normalized spacial score (nSPS) is 30.1. The molecule has 5 N–H and O–H groups in total. The number of aliphatic hydroxyl groups is 2. The fourth-order valence-electron chi connectivity index (χ4n) is 7.56. The molecule has 62 heavy (non-hydrogen) atoms. The fraction of sp³-hybridized carbons (Fsp3) is 0.523. The topological polar surface area (TPSA) is 259 Å². The first-order valence-corrected chi connectivity index (χ1v) is 21.1. The first-order chi connectivity index (χ1) is 29.1. The zero-order chi connectivity index (χ0) is 46.4. The smallest absolute Gasteiger partial charge is 0.312 e. The molecule has 18 heteroatoms. The largest absolute Gasteiger partial charge is 0.507 e. The van der Waals surface area contributed by atoms with Crippen molar-refractivity contribution in [1.29, 1.82) is 0 Å². The Bertz CT molecular complexity index is 2100. The number of aromatic hydroxyl groups is 1. The lowest BCUT2D eigenvalue weighted by Crippen LogP contribution is -2.46. The van der Waals surface area contributed by atoms with E-state index < -0.39 is 118 Å². The van der Waals surface area contributed by atoms with E-state index in [0.717, 1.165) is 18.0 Å². The molecule has 0 saturated carbocycles. The molecule has 0 radical (unpaired) electrons. The summed E-state index contributed by atoms with van der Waals surface area (Å²) in [6.45, 7) is 11.8. The number of phenols is 1. The number of thioether (sulfide) groups is 1. The summed E-state index contributed by atoms with van der Waals surface area (Å²) in [6, 6.07) is 0. The molecule has 338 valence electrons. The summed E-state index contributed by atoms with van der Waals surface area (Å²) in [4.78, 5) is 92.0. The van der Waals surface area contributed by atoms with Gasteiger partial charge in [-0.3, -0.25) is 33.6 Å². The van der Waals surface area contributed by atoms with E-state index in [4.69, 9.17) is 28.8 Å². The number of ketones is 3. The zero-order valence-corrected chi connectivity index (χ0v) is 37.0. The van der Waals surface area contributed by atoms with Crippen molar-refractivity contribution in [2.75, 3.05) is 19.5 Å². The number of fused-ring (bicyclic) bond motifs is 14. The quantitative estimate of drug-likeness (QED) is 0.160. The lowest BCUT2D eigenvalue weighted by Gasteiger charge is -2.38. The van der Waals surface area contributed by atoms with Gasteiger partial charge in [0.1, 0.15) is 29.9 Å². The second-order valence-corrected chi connectivity index (χ2v) is 16.9. The highest BCUT2D eigenvalue weighted by Gasteiger charge is 2.53. The molecular formula is C44H55NO16S. The predicted molar refractivity (Wildman–Crippen MR) is 223 cm³/mol. The molecule has 0 spiro atoms. The highest BCUT2D eigenvalue weighted by atomic mass is 32.2. The van der Waals surface area contributed by atoms with Crippen molar-refractivity contribution in [3.63, 3.8) is 0 Å². The standard InChI is InChI=1S/C44H55NO16S/c1-20-12-10-13-21(2)43(56)45-33-37(53)31-30(38(54)41(33)62-19-18-58-29(49)15-11-14-28(47)48)32-40(25(6)36(31)52)61-44(8,42(32)55)59-17-16-27(57-9)22(3)39(60-26(7)46)24(5)35(51)23(4)34(20)50/h10,12-13,16-17,20,22-24,27,34-35,39,50-52H,11,14-15,18-19H2,1-9H3,(H,45,56)(H,47,48)/b12-10+,17-16+,21-13-. The summed E-state index contributed by atoms with van der Waals surface area (Å²) in [5.41, 5.74) is -1.92. The monoisotopic (exact) mass is 885 g/mol.